The summed E-state index contributed by atoms with van der Waals surface area (Å²) in [6.45, 7) is 5.35. The van der Waals surface area contributed by atoms with Gasteiger partial charge >= 0.3 is 0 Å². The number of anilines is 1. The fourth-order valence-electron chi connectivity index (χ4n) is 2.13. The summed E-state index contributed by atoms with van der Waals surface area (Å²) in [5.41, 5.74) is 2.87. The molecular weight excluding hydrogens is 276 g/mol. The van der Waals surface area contributed by atoms with Crippen LogP contribution < -0.4 is 5.32 Å². The molecule has 0 saturated heterocycles. The first-order chi connectivity index (χ1) is 9.88. The fraction of sp³-hybridized carbons (Fsp3) is 0.333. The molecule has 112 valence electrons. The van der Waals surface area contributed by atoms with Gasteiger partial charge in [0.2, 0.25) is 5.91 Å². The summed E-state index contributed by atoms with van der Waals surface area (Å²) in [5.74, 6) is -0.292. The molecule has 1 heterocycles. The van der Waals surface area contributed by atoms with Crippen LogP contribution in [0.4, 0.5) is 14.5 Å². The lowest BCUT2D eigenvalue weighted by molar-refractivity contribution is -0.117. The first-order valence-electron chi connectivity index (χ1n) is 6.57. The van der Waals surface area contributed by atoms with E-state index in [1.54, 1.807) is 6.92 Å². The van der Waals surface area contributed by atoms with E-state index in [-0.39, 0.29) is 18.1 Å². The Balaban J connectivity index is 2.12. The number of aromatic nitrogens is 2. The molecule has 0 unspecified atom stereocenters. The van der Waals surface area contributed by atoms with Gasteiger partial charge in [0.1, 0.15) is 12.2 Å². The second kappa shape index (κ2) is 6.03. The van der Waals surface area contributed by atoms with Crippen LogP contribution in [-0.2, 0) is 11.3 Å². The maximum atomic E-state index is 12.6. The average molecular weight is 293 g/mol. The Morgan fingerprint density at radius 1 is 1.29 bits per heavy atom. The minimum Gasteiger partial charge on any atom is -0.324 e. The van der Waals surface area contributed by atoms with Crippen LogP contribution in [0.1, 0.15) is 28.9 Å². The molecule has 0 aliphatic carbocycles. The lowest BCUT2D eigenvalue weighted by Gasteiger charge is -2.12. The van der Waals surface area contributed by atoms with E-state index in [1.807, 2.05) is 32.0 Å². The molecule has 21 heavy (non-hydrogen) atoms. The third kappa shape index (κ3) is 3.45. The normalized spacial score (nSPS) is 11.0. The number of nitrogens with zero attached hydrogens (tertiary/aromatic N) is 2. The van der Waals surface area contributed by atoms with Crippen molar-refractivity contribution in [2.75, 3.05) is 5.32 Å². The third-order valence-corrected chi connectivity index (χ3v) is 3.26. The van der Waals surface area contributed by atoms with Gasteiger partial charge in [-0.05, 0) is 38.0 Å². The Bertz CT molecular complexity index is 645. The van der Waals surface area contributed by atoms with Gasteiger partial charge in [0, 0.05) is 11.4 Å². The number of amides is 1. The van der Waals surface area contributed by atoms with Crippen molar-refractivity contribution in [3.8, 4) is 0 Å². The molecule has 1 amide bonds. The smallest absolute Gasteiger partial charge is 0.282 e. The van der Waals surface area contributed by atoms with E-state index >= 15 is 0 Å². The van der Waals surface area contributed by atoms with Crippen LogP contribution in [0, 0.1) is 20.8 Å². The van der Waals surface area contributed by atoms with Crippen LogP contribution in [0.25, 0.3) is 0 Å². The maximum Gasteiger partial charge on any atom is 0.282 e. The molecule has 1 aromatic heterocycles. The lowest BCUT2D eigenvalue weighted by atomic mass is 10.1. The minimum atomic E-state index is -2.63. The molecule has 0 saturated carbocycles. The summed E-state index contributed by atoms with van der Waals surface area (Å²) in [6.07, 6.45) is -2.63. The second-order valence-corrected chi connectivity index (χ2v) is 4.98. The molecule has 1 N–H and O–H groups in total. The number of halogens is 2. The van der Waals surface area contributed by atoms with Gasteiger partial charge in [-0.25, -0.2) is 8.78 Å². The summed E-state index contributed by atoms with van der Waals surface area (Å²) >= 11 is 0. The number of carbonyl (C=O) groups excluding carboxylic acids is 1. The third-order valence-electron chi connectivity index (χ3n) is 3.26. The van der Waals surface area contributed by atoms with Gasteiger partial charge in [-0.3, -0.25) is 9.48 Å². The van der Waals surface area contributed by atoms with Gasteiger partial charge < -0.3 is 5.32 Å². The van der Waals surface area contributed by atoms with Crippen LogP contribution in [0.3, 0.4) is 0 Å². The van der Waals surface area contributed by atoms with Gasteiger partial charge in [0.25, 0.3) is 6.43 Å². The summed E-state index contributed by atoms with van der Waals surface area (Å²) < 4.78 is 26.4. The van der Waals surface area contributed by atoms with Gasteiger partial charge in [0.05, 0.1) is 0 Å². The number of rotatable bonds is 4. The van der Waals surface area contributed by atoms with Crippen molar-refractivity contribution in [1.29, 1.82) is 0 Å². The van der Waals surface area contributed by atoms with Crippen molar-refractivity contribution in [2.45, 2.75) is 33.7 Å². The van der Waals surface area contributed by atoms with Crippen LogP contribution >= 0.6 is 0 Å². The number of para-hydroxylation sites is 1. The molecule has 0 radical (unpaired) electrons. The molecule has 0 spiro atoms. The van der Waals surface area contributed by atoms with Crippen molar-refractivity contribution in [1.82, 2.24) is 9.78 Å². The van der Waals surface area contributed by atoms with E-state index in [9.17, 15) is 13.6 Å². The average Bonchev–Trinajstić information content (AvgIpc) is 2.76. The first kappa shape index (κ1) is 15.2. The molecule has 4 nitrogen and oxygen atoms in total. The number of aryl methyl sites for hydroxylation is 3. The predicted octanol–water partition coefficient (Wildman–Crippen LogP) is 3.38. The van der Waals surface area contributed by atoms with Crippen LogP contribution in [-0.4, -0.2) is 15.7 Å². The number of nitrogens with one attached hydrogen (secondary N) is 1. The van der Waals surface area contributed by atoms with E-state index in [1.165, 1.54) is 10.7 Å². The number of benzene rings is 1. The van der Waals surface area contributed by atoms with Crippen molar-refractivity contribution in [3.63, 3.8) is 0 Å². The van der Waals surface area contributed by atoms with Crippen LogP contribution in [0.2, 0.25) is 0 Å². The number of alkyl halides is 2. The number of hydrogen-bond donors (Lipinski definition) is 1. The molecule has 0 atom stereocenters. The Morgan fingerprint density at radius 3 is 2.43 bits per heavy atom. The minimum absolute atomic E-state index is 0.0909. The Kier molecular flexibility index (Phi) is 4.35. The zero-order valence-corrected chi connectivity index (χ0v) is 12.2. The molecule has 0 aliphatic heterocycles. The molecule has 2 rings (SSSR count). The number of hydrogen-bond acceptors (Lipinski definition) is 2. The standard InChI is InChI=1S/C15H17F2N3O/c1-9-5-4-6-10(2)14(9)18-13(21)8-20-11(3)7-12(19-20)15(16)17/h4-7,15H,8H2,1-3H3,(H,18,21). The molecule has 0 aliphatic rings. The van der Waals surface area contributed by atoms with E-state index in [0.29, 0.717) is 5.69 Å². The summed E-state index contributed by atoms with van der Waals surface area (Å²) in [7, 11) is 0. The highest BCUT2D eigenvalue weighted by atomic mass is 19.3. The van der Waals surface area contributed by atoms with E-state index in [4.69, 9.17) is 0 Å². The lowest BCUT2D eigenvalue weighted by Crippen LogP contribution is -2.21. The van der Waals surface area contributed by atoms with Crippen LogP contribution in [0.5, 0.6) is 0 Å². The second-order valence-electron chi connectivity index (χ2n) is 4.98. The quantitative estimate of drug-likeness (QED) is 0.939. The molecule has 2 aromatic rings. The highest BCUT2D eigenvalue weighted by Gasteiger charge is 2.15. The van der Waals surface area contributed by atoms with Gasteiger partial charge in [0.15, 0.2) is 0 Å². The van der Waals surface area contributed by atoms with E-state index < -0.39 is 6.43 Å². The Morgan fingerprint density at radius 2 is 1.90 bits per heavy atom. The predicted molar refractivity (Wildman–Crippen MR) is 76.5 cm³/mol. The summed E-state index contributed by atoms with van der Waals surface area (Å²) in [5, 5.41) is 6.55. The van der Waals surface area contributed by atoms with E-state index in [2.05, 4.69) is 10.4 Å². The van der Waals surface area contributed by atoms with Gasteiger partial charge in [-0.2, -0.15) is 5.10 Å². The topological polar surface area (TPSA) is 46.9 Å². The summed E-state index contributed by atoms with van der Waals surface area (Å²) in [4.78, 5) is 12.1. The van der Waals surface area contributed by atoms with Crippen molar-refractivity contribution >= 4 is 11.6 Å². The van der Waals surface area contributed by atoms with Crippen molar-refractivity contribution in [2.24, 2.45) is 0 Å². The zero-order chi connectivity index (χ0) is 15.6. The molecular formula is C15H17F2N3O. The zero-order valence-electron chi connectivity index (χ0n) is 12.2. The molecule has 0 fully saturated rings. The highest BCUT2D eigenvalue weighted by molar-refractivity contribution is 5.92. The molecule has 0 bridgehead atoms. The maximum absolute atomic E-state index is 12.6. The summed E-state index contributed by atoms with van der Waals surface area (Å²) in [6, 6.07) is 7.00. The first-order valence-corrected chi connectivity index (χ1v) is 6.57. The Labute approximate surface area is 121 Å². The molecule has 1 aromatic carbocycles. The van der Waals surface area contributed by atoms with Crippen LogP contribution in [0.15, 0.2) is 24.3 Å². The van der Waals surface area contributed by atoms with Crippen molar-refractivity contribution in [3.05, 3.63) is 46.8 Å². The van der Waals surface area contributed by atoms with E-state index in [0.717, 1.165) is 16.8 Å². The number of carbonyl (C=O) groups is 1. The fourth-order valence-corrected chi connectivity index (χ4v) is 2.13. The largest absolute Gasteiger partial charge is 0.324 e. The van der Waals surface area contributed by atoms with Gasteiger partial charge in [-0.15, -0.1) is 0 Å². The molecule has 6 heteroatoms. The monoisotopic (exact) mass is 293 g/mol. The SMILES string of the molecule is Cc1cccc(C)c1NC(=O)Cn1nc(C(F)F)cc1C. The van der Waals surface area contributed by atoms with Crippen molar-refractivity contribution < 1.29 is 13.6 Å². The highest BCUT2D eigenvalue weighted by Crippen LogP contribution is 2.20. The Hall–Kier alpha value is -2.24. The van der Waals surface area contributed by atoms with Gasteiger partial charge in [-0.1, -0.05) is 18.2 Å².